The van der Waals surface area contributed by atoms with Crippen molar-refractivity contribution in [3.05, 3.63) is 107 Å². The van der Waals surface area contributed by atoms with E-state index in [9.17, 15) is 5.26 Å². The van der Waals surface area contributed by atoms with Gasteiger partial charge in [0, 0.05) is 17.6 Å². The second-order valence-corrected chi connectivity index (χ2v) is 8.60. The van der Waals surface area contributed by atoms with E-state index in [-0.39, 0.29) is 0 Å². The highest BCUT2D eigenvalue weighted by atomic mass is 35.5. The number of rotatable bonds is 7. The molecule has 0 spiro atoms. The van der Waals surface area contributed by atoms with Gasteiger partial charge in [-0.15, -0.1) is 0 Å². The van der Waals surface area contributed by atoms with Crippen molar-refractivity contribution in [3.63, 3.8) is 0 Å². The Morgan fingerprint density at radius 1 is 0.900 bits per heavy atom. The van der Waals surface area contributed by atoms with Crippen LogP contribution in [0.1, 0.15) is 36.0 Å². The molecular formula is C27H27ClN2. The molecule has 1 heterocycles. The van der Waals surface area contributed by atoms with E-state index in [1.807, 2.05) is 48.5 Å². The van der Waals surface area contributed by atoms with E-state index >= 15 is 0 Å². The van der Waals surface area contributed by atoms with Gasteiger partial charge < -0.3 is 0 Å². The quantitative estimate of drug-likeness (QED) is 0.457. The molecule has 1 fully saturated rings. The summed E-state index contributed by atoms with van der Waals surface area (Å²) in [5.41, 5.74) is 2.85. The van der Waals surface area contributed by atoms with Gasteiger partial charge in [0.1, 0.15) is 5.41 Å². The van der Waals surface area contributed by atoms with Gasteiger partial charge in [-0.25, -0.2) is 0 Å². The molecule has 2 nitrogen and oxygen atoms in total. The molecule has 3 aromatic rings. The average molecular weight is 415 g/mol. The molecule has 0 bridgehead atoms. The minimum absolute atomic E-state index is 0.400. The van der Waals surface area contributed by atoms with Crippen molar-refractivity contribution in [1.82, 2.24) is 4.90 Å². The molecule has 0 N–H and O–H groups in total. The van der Waals surface area contributed by atoms with Crippen LogP contribution in [0.4, 0.5) is 0 Å². The number of nitrogens with zero attached hydrogens (tertiary/aromatic N) is 2. The highest BCUT2D eigenvalue weighted by Gasteiger charge is 2.39. The highest BCUT2D eigenvalue weighted by molar-refractivity contribution is 6.30. The summed E-state index contributed by atoms with van der Waals surface area (Å²) in [6.07, 6.45) is 4.15. The van der Waals surface area contributed by atoms with Crippen LogP contribution < -0.4 is 0 Å². The average Bonchev–Trinajstić information content (AvgIpc) is 3.25. The van der Waals surface area contributed by atoms with E-state index in [0.717, 1.165) is 48.5 Å². The van der Waals surface area contributed by atoms with Gasteiger partial charge in [0.25, 0.3) is 0 Å². The van der Waals surface area contributed by atoms with Crippen molar-refractivity contribution in [1.29, 1.82) is 5.26 Å². The van der Waals surface area contributed by atoms with Gasteiger partial charge in [-0.05, 0) is 61.1 Å². The number of likely N-dealkylation sites (tertiary alicyclic amines) is 1. The molecule has 1 aliphatic heterocycles. The van der Waals surface area contributed by atoms with E-state index in [1.165, 1.54) is 12.0 Å². The molecule has 1 atom stereocenters. The number of halogens is 1. The van der Waals surface area contributed by atoms with Crippen molar-refractivity contribution in [2.24, 2.45) is 0 Å². The Morgan fingerprint density at radius 3 is 2.07 bits per heavy atom. The molecule has 0 amide bonds. The predicted molar refractivity (Wildman–Crippen MR) is 124 cm³/mol. The van der Waals surface area contributed by atoms with E-state index in [2.05, 4.69) is 47.4 Å². The third-order valence-corrected chi connectivity index (χ3v) is 6.62. The zero-order valence-corrected chi connectivity index (χ0v) is 17.9. The fourth-order valence-corrected chi connectivity index (χ4v) is 4.85. The Balaban J connectivity index is 1.57. The summed E-state index contributed by atoms with van der Waals surface area (Å²) in [6.45, 7) is 2.11. The van der Waals surface area contributed by atoms with E-state index in [0.29, 0.717) is 6.04 Å². The van der Waals surface area contributed by atoms with Crippen LogP contribution >= 0.6 is 11.6 Å². The van der Waals surface area contributed by atoms with E-state index in [1.54, 1.807) is 0 Å². The number of nitriles is 1. The molecule has 1 unspecified atom stereocenters. The summed E-state index contributed by atoms with van der Waals surface area (Å²) in [7, 11) is 0. The van der Waals surface area contributed by atoms with Gasteiger partial charge >= 0.3 is 0 Å². The standard InChI is InChI=1S/C27H27ClN2/c28-25-15-13-22(14-16-25)17-19-30-18-7-12-26(30)20-27(21-29,23-8-3-1-4-9-23)24-10-5-2-6-11-24/h1-6,8-11,13-16,26H,7,12,17-20H2. The van der Waals surface area contributed by atoms with Crippen LogP contribution in [0.3, 0.4) is 0 Å². The molecule has 0 radical (unpaired) electrons. The minimum Gasteiger partial charge on any atom is -0.300 e. The maximum Gasteiger partial charge on any atom is 0.109 e. The largest absolute Gasteiger partial charge is 0.300 e. The van der Waals surface area contributed by atoms with Crippen LogP contribution in [0.25, 0.3) is 0 Å². The monoisotopic (exact) mass is 414 g/mol. The first kappa shape index (κ1) is 20.7. The zero-order chi connectivity index (χ0) is 20.8. The second kappa shape index (κ2) is 9.47. The van der Waals surface area contributed by atoms with Crippen molar-refractivity contribution in [3.8, 4) is 6.07 Å². The molecule has 4 rings (SSSR count). The Hall–Kier alpha value is -2.60. The Labute approximate surface area is 184 Å². The summed E-state index contributed by atoms with van der Waals surface area (Å²) in [6, 6.07) is 31.9. The third-order valence-electron chi connectivity index (χ3n) is 6.37. The van der Waals surface area contributed by atoms with Gasteiger partial charge in [0.05, 0.1) is 6.07 Å². The fourth-order valence-electron chi connectivity index (χ4n) is 4.72. The Kier molecular flexibility index (Phi) is 6.53. The normalized spacial score (nSPS) is 17.0. The van der Waals surface area contributed by atoms with Gasteiger partial charge in [-0.1, -0.05) is 84.4 Å². The van der Waals surface area contributed by atoms with Crippen molar-refractivity contribution in [2.75, 3.05) is 13.1 Å². The summed E-state index contributed by atoms with van der Waals surface area (Å²) in [5, 5.41) is 11.3. The molecule has 152 valence electrons. The first-order valence-corrected chi connectivity index (χ1v) is 11.1. The van der Waals surface area contributed by atoms with Crippen LogP contribution in [-0.2, 0) is 11.8 Å². The van der Waals surface area contributed by atoms with Crippen LogP contribution in [0.15, 0.2) is 84.9 Å². The van der Waals surface area contributed by atoms with Crippen molar-refractivity contribution in [2.45, 2.75) is 37.1 Å². The molecule has 0 aromatic heterocycles. The third kappa shape index (κ3) is 4.43. The zero-order valence-electron chi connectivity index (χ0n) is 17.2. The number of hydrogen-bond donors (Lipinski definition) is 0. The van der Waals surface area contributed by atoms with Crippen molar-refractivity contribution >= 4 is 11.6 Å². The summed E-state index contributed by atoms with van der Waals surface area (Å²) < 4.78 is 0. The van der Waals surface area contributed by atoms with E-state index < -0.39 is 5.41 Å². The summed E-state index contributed by atoms with van der Waals surface area (Å²) in [4.78, 5) is 2.58. The van der Waals surface area contributed by atoms with Crippen LogP contribution in [-0.4, -0.2) is 24.0 Å². The van der Waals surface area contributed by atoms with Crippen molar-refractivity contribution < 1.29 is 0 Å². The Bertz CT molecular complexity index is 937. The number of benzene rings is 3. The maximum absolute atomic E-state index is 10.5. The lowest BCUT2D eigenvalue weighted by molar-refractivity contribution is 0.229. The molecular weight excluding hydrogens is 388 g/mol. The SMILES string of the molecule is N#CC(CC1CCCN1CCc1ccc(Cl)cc1)(c1ccccc1)c1ccccc1. The van der Waals surface area contributed by atoms with Crippen LogP contribution in [0.5, 0.6) is 0 Å². The van der Waals surface area contributed by atoms with Gasteiger partial charge in [-0.3, -0.25) is 4.90 Å². The fraction of sp³-hybridized carbons (Fsp3) is 0.296. The molecule has 1 saturated heterocycles. The minimum atomic E-state index is -0.629. The molecule has 30 heavy (non-hydrogen) atoms. The van der Waals surface area contributed by atoms with E-state index in [4.69, 9.17) is 11.6 Å². The van der Waals surface area contributed by atoms with Crippen LogP contribution in [0.2, 0.25) is 5.02 Å². The summed E-state index contributed by atoms with van der Waals surface area (Å²) in [5.74, 6) is 0. The maximum atomic E-state index is 10.5. The van der Waals surface area contributed by atoms with Gasteiger partial charge in [-0.2, -0.15) is 5.26 Å². The van der Waals surface area contributed by atoms with Gasteiger partial charge in [0.2, 0.25) is 0 Å². The first-order chi connectivity index (χ1) is 14.7. The lowest BCUT2D eigenvalue weighted by atomic mass is 9.71. The molecule has 3 heteroatoms. The second-order valence-electron chi connectivity index (χ2n) is 8.16. The topological polar surface area (TPSA) is 27.0 Å². The lowest BCUT2D eigenvalue weighted by Gasteiger charge is -2.34. The smallest absolute Gasteiger partial charge is 0.109 e. The molecule has 0 saturated carbocycles. The Morgan fingerprint density at radius 2 is 1.50 bits per heavy atom. The molecule has 1 aliphatic rings. The highest BCUT2D eigenvalue weighted by Crippen LogP contribution is 2.39. The molecule has 3 aromatic carbocycles. The summed E-state index contributed by atoms with van der Waals surface area (Å²) >= 11 is 6.03. The molecule has 0 aliphatic carbocycles. The predicted octanol–water partition coefficient (Wildman–Crippen LogP) is 6.25. The lowest BCUT2D eigenvalue weighted by Crippen LogP contribution is -2.38. The van der Waals surface area contributed by atoms with Crippen LogP contribution in [0, 0.1) is 11.3 Å². The van der Waals surface area contributed by atoms with Gasteiger partial charge in [0.15, 0.2) is 0 Å². The number of hydrogen-bond acceptors (Lipinski definition) is 2. The first-order valence-electron chi connectivity index (χ1n) is 10.7.